The van der Waals surface area contributed by atoms with Crippen molar-refractivity contribution in [3.05, 3.63) is 23.3 Å². The zero-order valence-electron chi connectivity index (χ0n) is 17.0. The second kappa shape index (κ2) is 11.1. The molecule has 152 valence electrons. The van der Waals surface area contributed by atoms with Crippen molar-refractivity contribution in [3.8, 4) is 0 Å². The molecule has 0 aromatic carbocycles. The Kier molecular flexibility index (Phi) is 10.3. The average molecular weight is 403 g/mol. The maximum atomic E-state index is 3.97. The van der Waals surface area contributed by atoms with E-state index in [0.29, 0.717) is 5.54 Å². The topological polar surface area (TPSA) is 24.1 Å². The first-order valence-corrected chi connectivity index (χ1v) is 10.3. The van der Waals surface area contributed by atoms with Gasteiger partial charge in [0, 0.05) is 25.2 Å². The summed E-state index contributed by atoms with van der Waals surface area (Å²) in [4.78, 5) is 0. The summed E-state index contributed by atoms with van der Waals surface area (Å²) in [6.45, 7) is 9.86. The van der Waals surface area contributed by atoms with E-state index in [1.165, 1.54) is 62.5 Å². The van der Waals surface area contributed by atoms with Gasteiger partial charge >= 0.3 is 0 Å². The minimum Gasteiger partial charge on any atom is -0.312 e. The highest BCUT2D eigenvalue weighted by Gasteiger charge is 2.50. The fourth-order valence-electron chi connectivity index (χ4n) is 5.78. The zero-order valence-corrected chi connectivity index (χ0v) is 18.6. The highest BCUT2D eigenvalue weighted by molar-refractivity contribution is 5.85. The molecule has 4 aliphatic carbocycles. The predicted molar refractivity (Wildman–Crippen MR) is 119 cm³/mol. The van der Waals surface area contributed by atoms with Gasteiger partial charge in [0.15, 0.2) is 0 Å². The van der Waals surface area contributed by atoms with Gasteiger partial charge in [-0.05, 0) is 89.9 Å². The lowest BCUT2D eigenvalue weighted by atomic mass is 9.53. The molecule has 2 N–H and O–H groups in total. The molecule has 0 atom stereocenters. The van der Waals surface area contributed by atoms with Crippen LogP contribution in [0, 0.1) is 17.8 Å². The third kappa shape index (κ3) is 6.86. The van der Waals surface area contributed by atoms with Gasteiger partial charge in [-0.1, -0.05) is 23.3 Å². The molecule has 2 nitrogen and oxygen atoms in total. The molecule has 0 amide bonds. The lowest BCUT2D eigenvalue weighted by Crippen LogP contribution is -2.59. The predicted octanol–water partition coefficient (Wildman–Crippen LogP) is 5.67. The Hall–Kier alpha value is -0.0200. The molecule has 0 saturated heterocycles. The van der Waals surface area contributed by atoms with Crippen molar-refractivity contribution >= 4 is 24.8 Å². The molecule has 0 heterocycles. The summed E-state index contributed by atoms with van der Waals surface area (Å²) in [7, 11) is 0. The lowest BCUT2D eigenvalue weighted by molar-refractivity contribution is -0.0192. The first-order chi connectivity index (χ1) is 11.5. The fraction of sp³-hybridized carbons (Fsp3) is 0.818. The quantitative estimate of drug-likeness (QED) is 0.383. The fourth-order valence-corrected chi connectivity index (χ4v) is 5.78. The molecule has 4 rings (SSSR count). The zero-order chi connectivity index (χ0) is 17.0. The van der Waals surface area contributed by atoms with Gasteiger partial charge in [-0.3, -0.25) is 0 Å². The summed E-state index contributed by atoms with van der Waals surface area (Å²) in [6, 6.07) is 0. The monoisotopic (exact) mass is 402 g/mol. The van der Waals surface area contributed by atoms with E-state index >= 15 is 0 Å². The third-order valence-electron chi connectivity index (χ3n) is 6.53. The molecule has 4 heteroatoms. The minimum atomic E-state index is 0. The number of nitrogens with one attached hydrogen (secondary N) is 2. The summed E-state index contributed by atoms with van der Waals surface area (Å²) in [6.07, 6.45) is 16.1. The first kappa shape index (κ1) is 24.0. The molecule has 0 aliphatic heterocycles. The van der Waals surface area contributed by atoms with E-state index in [4.69, 9.17) is 0 Å². The Morgan fingerprint density at radius 1 is 0.885 bits per heavy atom. The molecule has 4 aliphatic rings. The van der Waals surface area contributed by atoms with Gasteiger partial charge in [0.2, 0.25) is 0 Å². The van der Waals surface area contributed by atoms with Gasteiger partial charge in [-0.25, -0.2) is 0 Å². The largest absolute Gasteiger partial charge is 0.312 e. The number of hydrogen-bond donors (Lipinski definition) is 2. The van der Waals surface area contributed by atoms with E-state index in [2.05, 4.69) is 43.6 Å². The molecule has 0 radical (unpaired) electrons. The second-order valence-corrected chi connectivity index (χ2v) is 9.20. The summed E-state index contributed by atoms with van der Waals surface area (Å²) in [5, 5.41) is 7.56. The summed E-state index contributed by atoms with van der Waals surface area (Å²) in [5.74, 6) is 3.13. The van der Waals surface area contributed by atoms with Crippen LogP contribution in [0.5, 0.6) is 0 Å². The third-order valence-corrected chi connectivity index (χ3v) is 6.53. The van der Waals surface area contributed by atoms with E-state index in [9.17, 15) is 0 Å². The van der Waals surface area contributed by atoms with Gasteiger partial charge in [-0.15, -0.1) is 24.8 Å². The van der Waals surface area contributed by atoms with Crippen LogP contribution in [0.2, 0.25) is 0 Å². The first-order valence-electron chi connectivity index (χ1n) is 10.3. The Bertz CT molecular complexity index is 445. The van der Waals surface area contributed by atoms with Crippen molar-refractivity contribution in [3.63, 3.8) is 0 Å². The normalized spacial score (nSPS) is 32.0. The molecule has 0 spiro atoms. The second-order valence-electron chi connectivity index (χ2n) is 9.20. The van der Waals surface area contributed by atoms with Crippen LogP contribution in [0.15, 0.2) is 23.3 Å². The van der Waals surface area contributed by atoms with Crippen molar-refractivity contribution in [2.45, 2.75) is 77.7 Å². The van der Waals surface area contributed by atoms with E-state index in [0.717, 1.165) is 37.4 Å². The highest BCUT2D eigenvalue weighted by Crippen LogP contribution is 2.55. The number of halogens is 2. The van der Waals surface area contributed by atoms with Crippen molar-refractivity contribution in [2.24, 2.45) is 17.8 Å². The number of hydrogen-bond acceptors (Lipinski definition) is 2. The van der Waals surface area contributed by atoms with E-state index in [1.54, 1.807) is 0 Å². The summed E-state index contributed by atoms with van der Waals surface area (Å²) in [5.41, 5.74) is 3.46. The Labute approximate surface area is 173 Å². The maximum absolute atomic E-state index is 3.97. The SMILES string of the molecule is CC(C)=CCC/C(C)=C\CNCCNC12CC3CC(CC(C3)C1)C2.Cl.Cl. The van der Waals surface area contributed by atoms with Crippen LogP contribution >= 0.6 is 24.8 Å². The molecule has 4 fully saturated rings. The van der Waals surface area contributed by atoms with E-state index < -0.39 is 0 Å². The van der Waals surface area contributed by atoms with Gasteiger partial charge < -0.3 is 10.6 Å². The lowest BCUT2D eigenvalue weighted by Gasteiger charge is -2.57. The van der Waals surface area contributed by atoms with Gasteiger partial charge in [0.05, 0.1) is 0 Å². The summed E-state index contributed by atoms with van der Waals surface area (Å²) < 4.78 is 0. The Balaban J connectivity index is 0.00000169. The van der Waals surface area contributed by atoms with Crippen LogP contribution in [0.25, 0.3) is 0 Å². The van der Waals surface area contributed by atoms with Gasteiger partial charge in [0.25, 0.3) is 0 Å². The smallest absolute Gasteiger partial charge is 0.0190 e. The minimum absolute atomic E-state index is 0. The van der Waals surface area contributed by atoms with Gasteiger partial charge in [0.1, 0.15) is 0 Å². The van der Waals surface area contributed by atoms with Crippen LogP contribution in [0.3, 0.4) is 0 Å². The van der Waals surface area contributed by atoms with Crippen molar-refractivity contribution in [1.29, 1.82) is 0 Å². The Morgan fingerprint density at radius 2 is 1.46 bits per heavy atom. The molecule has 26 heavy (non-hydrogen) atoms. The van der Waals surface area contributed by atoms with Crippen LogP contribution in [0.1, 0.15) is 72.1 Å². The van der Waals surface area contributed by atoms with E-state index in [1.807, 2.05) is 0 Å². The standard InChI is InChI=1S/C22H38N2.2ClH/c1-17(2)5-4-6-18(3)7-8-23-9-10-24-22-14-19-11-20(15-22)13-21(12-19)16-22;;/h5,7,19-21,23-24H,4,6,8-16H2,1-3H3;2*1H/b18-7-;;. The number of allylic oxidation sites excluding steroid dienone is 3. The molecule has 4 bridgehead atoms. The molecule has 0 aromatic rings. The molecule has 4 saturated carbocycles. The van der Waals surface area contributed by atoms with Gasteiger partial charge in [-0.2, -0.15) is 0 Å². The molecule has 0 unspecified atom stereocenters. The van der Waals surface area contributed by atoms with Crippen LogP contribution in [-0.4, -0.2) is 25.2 Å². The summed E-state index contributed by atoms with van der Waals surface area (Å²) >= 11 is 0. The van der Waals surface area contributed by atoms with Crippen LogP contribution in [0.4, 0.5) is 0 Å². The molecular formula is C22H40Cl2N2. The molecule has 0 aromatic heterocycles. The highest BCUT2D eigenvalue weighted by atomic mass is 35.5. The molecular weight excluding hydrogens is 363 g/mol. The van der Waals surface area contributed by atoms with E-state index in [-0.39, 0.29) is 24.8 Å². The van der Waals surface area contributed by atoms with Crippen LogP contribution < -0.4 is 10.6 Å². The van der Waals surface area contributed by atoms with Crippen molar-refractivity contribution < 1.29 is 0 Å². The van der Waals surface area contributed by atoms with Crippen LogP contribution in [-0.2, 0) is 0 Å². The Morgan fingerprint density at radius 3 is 2.00 bits per heavy atom. The average Bonchev–Trinajstić information content (AvgIpc) is 2.49. The number of rotatable bonds is 9. The van der Waals surface area contributed by atoms with Crippen molar-refractivity contribution in [1.82, 2.24) is 10.6 Å². The van der Waals surface area contributed by atoms with Crippen molar-refractivity contribution in [2.75, 3.05) is 19.6 Å². The maximum Gasteiger partial charge on any atom is 0.0190 e.